The molecule has 2 aromatic rings. The van der Waals surface area contributed by atoms with Crippen molar-refractivity contribution >= 4 is 23.3 Å². The molecule has 154 valence electrons. The smallest absolute Gasteiger partial charge is 0.336 e. The van der Waals surface area contributed by atoms with Gasteiger partial charge in [-0.1, -0.05) is 30.3 Å². The highest BCUT2D eigenvalue weighted by Crippen LogP contribution is 2.51. The monoisotopic (exact) mass is 405 g/mol. The van der Waals surface area contributed by atoms with Gasteiger partial charge < -0.3 is 16.0 Å². The Balaban J connectivity index is 1.70. The summed E-state index contributed by atoms with van der Waals surface area (Å²) < 4.78 is 39.7. The first kappa shape index (κ1) is 20.7. The lowest BCUT2D eigenvalue weighted by Gasteiger charge is -2.15. The third kappa shape index (κ3) is 5.07. The van der Waals surface area contributed by atoms with Gasteiger partial charge in [0, 0.05) is 12.0 Å². The van der Waals surface area contributed by atoms with E-state index in [-0.39, 0.29) is 17.5 Å². The number of urea groups is 1. The molecular formula is C21H22F3N3O2. The van der Waals surface area contributed by atoms with E-state index >= 15 is 0 Å². The van der Waals surface area contributed by atoms with E-state index in [1.54, 1.807) is 30.3 Å². The summed E-state index contributed by atoms with van der Waals surface area (Å²) in [5.74, 6) is -1.39. The van der Waals surface area contributed by atoms with Gasteiger partial charge in [-0.3, -0.25) is 4.79 Å². The molecule has 0 spiro atoms. The fourth-order valence-electron chi connectivity index (χ4n) is 3.25. The number of carbonyl (C=O) groups excluding carboxylic acids is 2. The average Bonchev–Trinajstić information content (AvgIpc) is 3.43. The van der Waals surface area contributed by atoms with Crippen LogP contribution in [0, 0.1) is 5.92 Å². The van der Waals surface area contributed by atoms with Crippen molar-refractivity contribution in [1.82, 2.24) is 5.32 Å². The van der Waals surface area contributed by atoms with Crippen LogP contribution in [0.15, 0.2) is 48.5 Å². The third-order valence-corrected chi connectivity index (χ3v) is 4.65. The highest BCUT2D eigenvalue weighted by Gasteiger charge is 2.47. The molecule has 3 amide bonds. The second-order valence-corrected chi connectivity index (χ2v) is 7.32. The fourth-order valence-corrected chi connectivity index (χ4v) is 3.25. The number of nitrogens with one attached hydrogen (secondary N) is 3. The molecule has 2 aromatic carbocycles. The molecule has 0 aromatic heterocycles. The minimum Gasteiger partial charge on any atom is -0.336 e. The van der Waals surface area contributed by atoms with Crippen molar-refractivity contribution in [2.75, 3.05) is 10.6 Å². The number of para-hydroxylation sites is 2. The molecule has 0 bridgehead atoms. The second-order valence-electron chi connectivity index (χ2n) is 7.32. The largest absolute Gasteiger partial charge is 0.416 e. The van der Waals surface area contributed by atoms with Crippen LogP contribution < -0.4 is 16.0 Å². The summed E-state index contributed by atoms with van der Waals surface area (Å²) in [6.45, 7) is 3.64. The third-order valence-electron chi connectivity index (χ3n) is 4.65. The summed E-state index contributed by atoms with van der Waals surface area (Å²) in [7, 11) is 0. The van der Waals surface area contributed by atoms with Crippen molar-refractivity contribution < 1.29 is 22.8 Å². The molecule has 2 atom stereocenters. The Morgan fingerprint density at radius 1 is 0.966 bits per heavy atom. The Morgan fingerprint density at radius 3 is 2.17 bits per heavy atom. The van der Waals surface area contributed by atoms with E-state index in [1.807, 2.05) is 13.8 Å². The van der Waals surface area contributed by atoms with Crippen molar-refractivity contribution in [3.63, 3.8) is 0 Å². The lowest BCUT2D eigenvalue weighted by molar-refractivity contribution is -0.138. The van der Waals surface area contributed by atoms with Gasteiger partial charge >= 0.3 is 12.2 Å². The minimum absolute atomic E-state index is 0.0577. The predicted octanol–water partition coefficient (Wildman–Crippen LogP) is 4.98. The number of alkyl halides is 3. The van der Waals surface area contributed by atoms with E-state index in [0.717, 1.165) is 6.07 Å². The predicted molar refractivity (Wildman–Crippen MR) is 105 cm³/mol. The quantitative estimate of drug-likeness (QED) is 0.657. The standard InChI is InChI=1S/C21H22F3N3O2/c1-12(2)25-20(29)27-18-10-6-5-9-17(18)26-19(28)15-11-14(15)13-7-3-4-8-16(13)21(22,23)24/h3-10,12,14-15H,11H2,1-2H3,(H,26,28)(H2,25,27,29). The van der Waals surface area contributed by atoms with Crippen LogP contribution in [0.4, 0.5) is 29.3 Å². The molecule has 0 radical (unpaired) electrons. The Hall–Kier alpha value is -3.03. The molecule has 1 aliphatic rings. The molecule has 3 rings (SSSR count). The number of hydrogen-bond acceptors (Lipinski definition) is 2. The summed E-state index contributed by atoms with van der Waals surface area (Å²) in [6.07, 6.45) is -4.11. The van der Waals surface area contributed by atoms with Gasteiger partial charge in [0.2, 0.25) is 5.91 Å². The van der Waals surface area contributed by atoms with Crippen LogP contribution in [0.3, 0.4) is 0 Å². The molecule has 8 heteroatoms. The number of carbonyl (C=O) groups is 2. The highest BCUT2D eigenvalue weighted by molar-refractivity contribution is 6.01. The van der Waals surface area contributed by atoms with Crippen LogP contribution in [0.5, 0.6) is 0 Å². The topological polar surface area (TPSA) is 70.2 Å². The summed E-state index contributed by atoms with van der Waals surface area (Å²) in [5, 5.41) is 8.08. The molecule has 1 saturated carbocycles. The van der Waals surface area contributed by atoms with Gasteiger partial charge in [0.25, 0.3) is 0 Å². The Labute approximate surface area is 166 Å². The van der Waals surface area contributed by atoms with Crippen LogP contribution >= 0.6 is 0 Å². The molecule has 0 saturated heterocycles. The number of anilines is 2. The van der Waals surface area contributed by atoms with Crippen molar-refractivity contribution in [2.45, 2.75) is 38.4 Å². The number of halogens is 3. The van der Waals surface area contributed by atoms with Crippen LogP contribution in [-0.2, 0) is 11.0 Å². The minimum atomic E-state index is -4.46. The molecular weight excluding hydrogens is 383 g/mol. The fraction of sp³-hybridized carbons (Fsp3) is 0.333. The Kier molecular flexibility index (Phi) is 5.81. The molecule has 5 nitrogen and oxygen atoms in total. The van der Waals surface area contributed by atoms with Crippen LogP contribution in [0.2, 0.25) is 0 Å². The molecule has 0 aliphatic heterocycles. The van der Waals surface area contributed by atoms with Gasteiger partial charge in [0.05, 0.1) is 16.9 Å². The van der Waals surface area contributed by atoms with Gasteiger partial charge in [0.15, 0.2) is 0 Å². The van der Waals surface area contributed by atoms with Crippen LogP contribution in [0.1, 0.15) is 37.3 Å². The SMILES string of the molecule is CC(C)NC(=O)Nc1ccccc1NC(=O)C1CC1c1ccccc1C(F)(F)F. The lowest BCUT2D eigenvalue weighted by Crippen LogP contribution is -2.34. The van der Waals surface area contributed by atoms with Crippen molar-refractivity contribution in [3.8, 4) is 0 Å². The maximum absolute atomic E-state index is 13.2. The molecule has 1 aliphatic carbocycles. The zero-order valence-corrected chi connectivity index (χ0v) is 16.0. The maximum Gasteiger partial charge on any atom is 0.416 e. The number of hydrogen-bond donors (Lipinski definition) is 3. The van der Waals surface area contributed by atoms with Gasteiger partial charge in [-0.05, 0) is 49.9 Å². The molecule has 3 N–H and O–H groups in total. The molecule has 1 fully saturated rings. The van der Waals surface area contributed by atoms with E-state index in [9.17, 15) is 22.8 Å². The first-order valence-electron chi connectivity index (χ1n) is 9.30. The first-order valence-corrected chi connectivity index (χ1v) is 9.30. The molecule has 2 unspecified atom stereocenters. The van der Waals surface area contributed by atoms with Crippen molar-refractivity contribution in [1.29, 1.82) is 0 Å². The Bertz CT molecular complexity index is 912. The normalized spacial score (nSPS) is 18.3. The van der Waals surface area contributed by atoms with E-state index in [2.05, 4.69) is 16.0 Å². The average molecular weight is 405 g/mol. The van der Waals surface area contributed by atoms with Gasteiger partial charge in [-0.15, -0.1) is 0 Å². The molecule has 29 heavy (non-hydrogen) atoms. The molecule has 0 heterocycles. The van der Waals surface area contributed by atoms with Crippen LogP contribution in [-0.4, -0.2) is 18.0 Å². The number of amides is 3. The van der Waals surface area contributed by atoms with Crippen molar-refractivity contribution in [3.05, 3.63) is 59.7 Å². The summed E-state index contributed by atoms with van der Waals surface area (Å²) in [5.41, 5.74) is 0.244. The first-order chi connectivity index (χ1) is 13.7. The number of rotatable bonds is 5. The summed E-state index contributed by atoms with van der Waals surface area (Å²) in [6, 6.07) is 11.6. The lowest BCUT2D eigenvalue weighted by atomic mass is 10.0. The number of benzene rings is 2. The Morgan fingerprint density at radius 2 is 1.55 bits per heavy atom. The highest BCUT2D eigenvalue weighted by atomic mass is 19.4. The van der Waals surface area contributed by atoms with Crippen molar-refractivity contribution in [2.24, 2.45) is 5.92 Å². The van der Waals surface area contributed by atoms with Gasteiger partial charge in [0.1, 0.15) is 0 Å². The second kappa shape index (κ2) is 8.14. The summed E-state index contributed by atoms with van der Waals surface area (Å²) >= 11 is 0. The van der Waals surface area contributed by atoms with E-state index < -0.39 is 29.6 Å². The van der Waals surface area contributed by atoms with E-state index in [0.29, 0.717) is 17.8 Å². The maximum atomic E-state index is 13.2. The van der Waals surface area contributed by atoms with Gasteiger partial charge in [-0.2, -0.15) is 13.2 Å². The van der Waals surface area contributed by atoms with Crippen LogP contribution in [0.25, 0.3) is 0 Å². The van der Waals surface area contributed by atoms with E-state index in [1.165, 1.54) is 12.1 Å². The zero-order chi connectivity index (χ0) is 21.2. The van der Waals surface area contributed by atoms with Gasteiger partial charge in [-0.25, -0.2) is 4.79 Å². The van der Waals surface area contributed by atoms with E-state index in [4.69, 9.17) is 0 Å². The summed E-state index contributed by atoms with van der Waals surface area (Å²) in [4.78, 5) is 24.5. The zero-order valence-electron chi connectivity index (χ0n) is 16.0.